The maximum Gasteiger partial charge on any atom is 0.146 e. The van der Waals surface area contributed by atoms with Crippen LogP contribution in [0.2, 0.25) is 0 Å². The summed E-state index contributed by atoms with van der Waals surface area (Å²) in [4.78, 5) is 6.96. The van der Waals surface area contributed by atoms with Gasteiger partial charge in [-0.3, -0.25) is 0 Å². The quantitative estimate of drug-likeness (QED) is 0.893. The molecule has 1 aliphatic carbocycles. The van der Waals surface area contributed by atoms with Gasteiger partial charge in [0.2, 0.25) is 0 Å². The van der Waals surface area contributed by atoms with Crippen LogP contribution < -0.4 is 10.6 Å². The molecule has 2 rings (SSSR count). The van der Waals surface area contributed by atoms with E-state index in [1.54, 1.807) is 0 Å². The third-order valence-electron chi connectivity index (χ3n) is 4.00. The topological polar surface area (TPSA) is 65.9 Å². The molecule has 0 radical (unpaired) electrons. The van der Waals surface area contributed by atoms with Crippen molar-refractivity contribution >= 4 is 5.82 Å². The Hall–Kier alpha value is -1.60. The molecule has 0 bridgehead atoms. The van der Waals surface area contributed by atoms with Crippen molar-refractivity contribution in [3.05, 3.63) is 22.9 Å². The number of nitrogens with two attached hydrogens (primary N) is 1. The summed E-state index contributed by atoms with van der Waals surface area (Å²) in [6.45, 7) is 8.67. The van der Waals surface area contributed by atoms with Gasteiger partial charge in [-0.05, 0) is 49.8 Å². The molecule has 0 aliphatic heterocycles. The number of aryl methyl sites for hydroxylation is 2. The van der Waals surface area contributed by atoms with Gasteiger partial charge in [-0.2, -0.15) is 5.26 Å². The van der Waals surface area contributed by atoms with Crippen molar-refractivity contribution in [3.8, 4) is 6.07 Å². The first-order valence-electron chi connectivity index (χ1n) is 7.38. The van der Waals surface area contributed by atoms with Crippen LogP contribution in [0.5, 0.6) is 0 Å². The fourth-order valence-corrected chi connectivity index (χ4v) is 2.70. The smallest absolute Gasteiger partial charge is 0.146 e. The highest BCUT2D eigenvalue weighted by Gasteiger charge is 2.24. The van der Waals surface area contributed by atoms with E-state index in [2.05, 4.69) is 31.7 Å². The van der Waals surface area contributed by atoms with Crippen LogP contribution in [0.15, 0.2) is 6.07 Å². The van der Waals surface area contributed by atoms with Gasteiger partial charge in [0.05, 0.1) is 5.56 Å². The van der Waals surface area contributed by atoms with Gasteiger partial charge >= 0.3 is 0 Å². The molecule has 0 amide bonds. The van der Waals surface area contributed by atoms with E-state index in [1.165, 1.54) is 11.3 Å². The van der Waals surface area contributed by atoms with Crippen LogP contribution in [0.4, 0.5) is 5.82 Å². The van der Waals surface area contributed by atoms with E-state index in [1.807, 2.05) is 6.07 Å². The zero-order valence-electron chi connectivity index (χ0n) is 12.7. The van der Waals surface area contributed by atoms with Crippen LogP contribution in [-0.2, 0) is 12.8 Å². The summed E-state index contributed by atoms with van der Waals surface area (Å²) in [5.74, 6) is 0.831. The number of hydrogen-bond donors (Lipinski definition) is 1. The van der Waals surface area contributed by atoms with E-state index in [9.17, 15) is 5.26 Å². The van der Waals surface area contributed by atoms with Gasteiger partial charge in [0.25, 0.3) is 0 Å². The summed E-state index contributed by atoms with van der Waals surface area (Å²) in [7, 11) is 0. The molecule has 108 valence electrons. The number of anilines is 1. The Bertz CT molecular complexity index is 528. The molecule has 0 aromatic carbocycles. The van der Waals surface area contributed by atoms with E-state index in [0.717, 1.165) is 38.2 Å². The molecule has 4 nitrogen and oxygen atoms in total. The van der Waals surface area contributed by atoms with Crippen LogP contribution >= 0.6 is 0 Å². The van der Waals surface area contributed by atoms with Crippen LogP contribution in [-0.4, -0.2) is 24.6 Å². The van der Waals surface area contributed by atoms with Crippen LogP contribution in [0, 0.1) is 16.7 Å². The van der Waals surface area contributed by atoms with Gasteiger partial charge < -0.3 is 10.6 Å². The first kappa shape index (κ1) is 14.8. The molecule has 0 saturated heterocycles. The molecule has 0 atom stereocenters. The Morgan fingerprint density at radius 2 is 2.20 bits per heavy atom. The van der Waals surface area contributed by atoms with Crippen molar-refractivity contribution < 1.29 is 0 Å². The fourth-order valence-electron chi connectivity index (χ4n) is 2.70. The summed E-state index contributed by atoms with van der Waals surface area (Å²) >= 11 is 0. The average Bonchev–Trinajstić information content (AvgIpc) is 2.90. The van der Waals surface area contributed by atoms with Crippen molar-refractivity contribution in [2.75, 3.05) is 24.5 Å². The molecule has 1 aromatic rings. The van der Waals surface area contributed by atoms with E-state index < -0.39 is 0 Å². The number of nitrogens with zero attached hydrogens (tertiary/aromatic N) is 3. The molecule has 1 heterocycles. The molecule has 20 heavy (non-hydrogen) atoms. The Kier molecular flexibility index (Phi) is 4.29. The highest BCUT2D eigenvalue weighted by molar-refractivity contribution is 5.57. The minimum Gasteiger partial charge on any atom is -0.355 e. The van der Waals surface area contributed by atoms with Crippen LogP contribution in [0.3, 0.4) is 0 Å². The molecule has 0 fully saturated rings. The van der Waals surface area contributed by atoms with E-state index in [0.29, 0.717) is 12.1 Å². The standard InChI is InChI=1S/C16H24N4/c1-4-20(11-16(2,3)10-18)15-13(9-17)8-12-6-5-7-14(12)19-15/h8H,4-7,10-11,18H2,1-3H3. The third-order valence-corrected chi connectivity index (χ3v) is 4.00. The number of nitriles is 1. The lowest BCUT2D eigenvalue weighted by molar-refractivity contribution is 0.378. The van der Waals surface area contributed by atoms with E-state index in [4.69, 9.17) is 10.7 Å². The SMILES string of the molecule is CCN(CC(C)(C)CN)c1nc2c(cc1C#N)CCC2. The van der Waals surface area contributed by atoms with Crippen molar-refractivity contribution in [1.29, 1.82) is 5.26 Å². The molecular formula is C16H24N4. The Labute approximate surface area is 121 Å². The second-order valence-electron chi connectivity index (χ2n) is 6.31. The van der Waals surface area contributed by atoms with Gasteiger partial charge in [0, 0.05) is 18.8 Å². The maximum absolute atomic E-state index is 9.41. The van der Waals surface area contributed by atoms with E-state index >= 15 is 0 Å². The molecule has 4 heteroatoms. The summed E-state index contributed by atoms with van der Waals surface area (Å²) in [6, 6.07) is 4.34. The Balaban J connectivity index is 2.37. The predicted molar refractivity (Wildman–Crippen MR) is 81.7 cm³/mol. The third kappa shape index (κ3) is 2.94. The first-order valence-corrected chi connectivity index (χ1v) is 7.38. The van der Waals surface area contributed by atoms with Crippen LogP contribution in [0.1, 0.15) is 44.0 Å². The Morgan fingerprint density at radius 3 is 2.80 bits per heavy atom. The number of pyridine rings is 1. The number of rotatable bonds is 5. The van der Waals surface area contributed by atoms with Gasteiger partial charge in [0.15, 0.2) is 0 Å². The van der Waals surface area contributed by atoms with Crippen molar-refractivity contribution in [2.24, 2.45) is 11.1 Å². The zero-order valence-corrected chi connectivity index (χ0v) is 12.7. The number of fused-ring (bicyclic) bond motifs is 1. The van der Waals surface area contributed by atoms with Gasteiger partial charge in [-0.1, -0.05) is 13.8 Å². The molecular weight excluding hydrogens is 248 g/mol. The fraction of sp³-hybridized carbons (Fsp3) is 0.625. The second-order valence-corrected chi connectivity index (χ2v) is 6.31. The molecule has 0 unspecified atom stereocenters. The number of hydrogen-bond acceptors (Lipinski definition) is 4. The zero-order chi connectivity index (χ0) is 14.8. The minimum atomic E-state index is 0.0173. The highest BCUT2D eigenvalue weighted by atomic mass is 15.2. The summed E-state index contributed by atoms with van der Waals surface area (Å²) in [5, 5.41) is 9.41. The maximum atomic E-state index is 9.41. The van der Waals surface area contributed by atoms with Gasteiger partial charge in [-0.15, -0.1) is 0 Å². The lowest BCUT2D eigenvalue weighted by atomic mass is 9.93. The lowest BCUT2D eigenvalue weighted by Gasteiger charge is -2.32. The second kappa shape index (κ2) is 5.80. The summed E-state index contributed by atoms with van der Waals surface area (Å²) in [5.41, 5.74) is 8.97. The summed E-state index contributed by atoms with van der Waals surface area (Å²) in [6.07, 6.45) is 3.24. The van der Waals surface area contributed by atoms with Gasteiger partial charge in [-0.25, -0.2) is 4.98 Å². The molecule has 1 aromatic heterocycles. The average molecular weight is 272 g/mol. The first-order chi connectivity index (χ1) is 9.50. The number of aromatic nitrogens is 1. The molecule has 0 saturated carbocycles. The van der Waals surface area contributed by atoms with Crippen molar-refractivity contribution in [3.63, 3.8) is 0 Å². The normalized spacial score (nSPS) is 13.9. The van der Waals surface area contributed by atoms with Crippen molar-refractivity contribution in [2.45, 2.75) is 40.0 Å². The van der Waals surface area contributed by atoms with Gasteiger partial charge in [0.1, 0.15) is 11.9 Å². The molecule has 1 aliphatic rings. The predicted octanol–water partition coefficient (Wildman–Crippen LogP) is 2.25. The Morgan fingerprint density at radius 1 is 1.45 bits per heavy atom. The molecule has 0 spiro atoms. The highest BCUT2D eigenvalue weighted by Crippen LogP contribution is 2.28. The minimum absolute atomic E-state index is 0.0173. The summed E-state index contributed by atoms with van der Waals surface area (Å²) < 4.78 is 0. The van der Waals surface area contributed by atoms with E-state index in [-0.39, 0.29) is 5.41 Å². The van der Waals surface area contributed by atoms with Crippen molar-refractivity contribution in [1.82, 2.24) is 4.98 Å². The largest absolute Gasteiger partial charge is 0.355 e. The van der Waals surface area contributed by atoms with Crippen LogP contribution in [0.25, 0.3) is 0 Å². The monoisotopic (exact) mass is 272 g/mol. The molecule has 2 N–H and O–H groups in total. The lowest BCUT2D eigenvalue weighted by Crippen LogP contribution is -2.39.